The molecular formula is C25H38O3. The maximum absolute atomic E-state index is 12.7. The monoisotopic (exact) mass is 386 g/mol. The number of fused-ring (bicyclic) bond motifs is 5. The van der Waals surface area contributed by atoms with Crippen LogP contribution in [0.25, 0.3) is 0 Å². The van der Waals surface area contributed by atoms with E-state index in [0.717, 1.165) is 38.0 Å². The Morgan fingerprint density at radius 3 is 2.57 bits per heavy atom. The predicted molar refractivity (Wildman–Crippen MR) is 111 cm³/mol. The zero-order chi connectivity index (χ0) is 20.3. The molecule has 4 fully saturated rings. The summed E-state index contributed by atoms with van der Waals surface area (Å²) in [4.78, 5) is 23.5. The fraction of sp³-hybridized carbons (Fsp3) is 0.840. The van der Waals surface area contributed by atoms with Crippen molar-refractivity contribution in [2.45, 2.75) is 91.9 Å². The van der Waals surface area contributed by atoms with Crippen molar-refractivity contribution in [2.75, 3.05) is 0 Å². The van der Waals surface area contributed by atoms with Crippen molar-refractivity contribution in [3.05, 3.63) is 11.6 Å². The molecule has 0 aliphatic heterocycles. The van der Waals surface area contributed by atoms with Crippen LogP contribution in [0.2, 0.25) is 0 Å². The van der Waals surface area contributed by atoms with Crippen LogP contribution in [-0.2, 0) is 9.59 Å². The van der Waals surface area contributed by atoms with Crippen molar-refractivity contribution < 1.29 is 14.7 Å². The van der Waals surface area contributed by atoms with E-state index >= 15 is 0 Å². The predicted octanol–water partition coefficient (Wildman–Crippen LogP) is 6.03. The minimum absolute atomic E-state index is 0.0446. The smallest absolute Gasteiger partial charge is 0.303 e. The Morgan fingerprint density at radius 1 is 1.11 bits per heavy atom. The highest BCUT2D eigenvalue weighted by Crippen LogP contribution is 2.69. The van der Waals surface area contributed by atoms with Gasteiger partial charge in [0.05, 0.1) is 0 Å². The second-order valence-corrected chi connectivity index (χ2v) is 11.5. The number of ketones is 1. The molecular weight excluding hydrogens is 348 g/mol. The van der Waals surface area contributed by atoms with Crippen LogP contribution in [-0.4, -0.2) is 16.9 Å². The van der Waals surface area contributed by atoms with E-state index < -0.39 is 5.97 Å². The van der Waals surface area contributed by atoms with Crippen LogP contribution in [0.4, 0.5) is 0 Å². The van der Waals surface area contributed by atoms with E-state index in [1.807, 2.05) is 0 Å². The Bertz CT molecular complexity index is 705. The third kappa shape index (κ3) is 2.99. The highest BCUT2D eigenvalue weighted by molar-refractivity contribution is 5.87. The number of hydrogen-bond donors (Lipinski definition) is 1. The molecule has 3 heteroatoms. The molecule has 0 aromatic heterocycles. The summed E-state index contributed by atoms with van der Waals surface area (Å²) in [6.07, 6.45) is 12.2. The van der Waals surface area contributed by atoms with Crippen molar-refractivity contribution in [1.82, 2.24) is 0 Å². The third-order valence-electron chi connectivity index (χ3n) is 9.74. The minimum Gasteiger partial charge on any atom is -0.481 e. The van der Waals surface area contributed by atoms with Gasteiger partial charge in [0.1, 0.15) is 5.78 Å². The highest BCUT2D eigenvalue weighted by Gasteiger charge is 2.63. The Labute approximate surface area is 170 Å². The normalized spacial score (nSPS) is 46.0. The number of rotatable bonds is 3. The first-order valence-corrected chi connectivity index (χ1v) is 11.5. The van der Waals surface area contributed by atoms with E-state index in [2.05, 4.69) is 33.8 Å². The van der Waals surface area contributed by atoms with Crippen molar-refractivity contribution in [3.63, 3.8) is 0 Å². The number of allylic oxidation sites excluding steroid dienone is 2. The van der Waals surface area contributed by atoms with Gasteiger partial charge in [-0.25, -0.2) is 0 Å². The summed E-state index contributed by atoms with van der Waals surface area (Å²) in [5.41, 5.74) is 2.10. The van der Waals surface area contributed by atoms with Gasteiger partial charge >= 0.3 is 5.97 Å². The average molecular weight is 387 g/mol. The number of aliphatic carboxylic acids is 1. The van der Waals surface area contributed by atoms with Gasteiger partial charge < -0.3 is 5.11 Å². The number of carbonyl (C=O) groups is 2. The first kappa shape index (κ1) is 20.2. The van der Waals surface area contributed by atoms with Gasteiger partial charge in [-0.2, -0.15) is 0 Å². The molecule has 3 nitrogen and oxygen atoms in total. The van der Waals surface area contributed by atoms with Gasteiger partial charge in [0.2, 0.25) is 0 Å². The van der Waals surface area contributed by atoms with Gasteiger partial charge in [0, 0.05) is 18.3 Å². The van der Waals surface area contributed by atoms with Crippen molar-refractivity contribution in [3.8, 4) is 0 Å². The summed E-state index contributed by atoms with van der Waals surface area (Å²) >= 11 is 0. The molecule has 1 N–H and O–H groups in total. The van der Waals surface area contributed by atoms with E-state index in [4.69, 9.17) is 5.11 Å². The molecule has 28 heavy (non-hydrogen) atoms. The lowest BCUT2D eigenvalue weighted by molar-refractivity contribution is -0.157. The van der Waals surface area contributed by atoms with E-state index in [1.165, 1.54) is 24.8 Å². The molecule has 4 aliphatic carbocycles. The maximum Gasteiger partial charge on any atom is 0.303 e. The lowest BCUT2D eigenvalue weighted by Crippen LogP contribution is -2.58. The maximum atomic E-state index is 12.7. The zero-order valence-corrected chi connectivity index (χ0v) is 18.2. The molecule has 4 saturated carbocycles. The van der Waals surface area contributed by atoms with Gasteiger partial charge in [-0.3, -0.25) is 9.59 Å². The summed E-state index contributed by atoms with van der Waals surface area (Å²) in [6, 6.07) is 0. The molecule has 0 aromatic rings. The standard InChI is InChI=1S/C25H38O3/c1-23(2)15-17-18-8-9-21(26)25(18,4)13-11-19(17)24(3)12-10-16(14-20(23)24)6-5-7-22(27)28/h6,17-20H,5,7-15H2,1-4H3,(H,27,28)/b16-6+/t17?,18?,19?,20?,24-,25+/m1/s1. The summed E-state index contributed by atoms with van der Waals surface area (Å²) in [5.74, 6) is 2.58. The van der Waals surface area contributed by atoms with Crippen molar-refractivity contribution in [2.24, 2.45) is 39.9 Å². The molecule has 0 saturated heterocycles. The molecule has 6 atom stereocenters. The number of carboxylic acid groups (broad SMARTS) is 1. The number of hydrogen-bond acceptors (Lipinski definition) is 2. The Balaban J connectivity index is 1.59. The van der Waals surface area contributed by atoms with Gasteiger partial charge in [-0.05, 0) is 85.9 Å². The van der Waals surface area contributed by atoms with Crippen LogP contribution in [0.3, 0.4) is 0 Å². The van der Waals surface area contributed by atoms with Gasteiger partial charge in [-0.15, -0.1) is 0 Å². The van der Waals surface area contributed by atoms with Crippen LogP contribution < -0.4 is 0 Å². The van der Waals surface area contributed by atoms with Crippen molar-refractivity contribution in [1.29, 1.82) is 0 Å². The molecule has 0 amide bonds. The van der Waals surface area contributed by atoms with Crippen LogP contribution in [0.5, 0.6) is 0 Å². The van der Waals surface area contributed by atoms with Crippen LogP contribution in [0, 0.1) is 39.9 Å². The highest BCUT2D eigenvalue weighted by atomic mass is 16.4. The van der Waals surface area contributed by atoms with Gasteiger partial charge in [-0.1, -0.05) is 39.3 Å². The molecule has 0 aromatic carbocycles. The summed E-state index contributed by atoms with van der Waals surface area (Å²) in [5, 5.41) is 8.94. The third-order valence-corrected chi connectivity index (χ3v) is 9.74. The lowest BCUT2D eigenvalue weighted by Gasteiger charge is -2.64. The average Bonchev–Trinajstić information content (AvgIpc) is 2.91. The molecule has 0 heterocycles. The largest absolute Gasteiger partial charge is 0.481 e. The molecule has 4 rings (SSSR count). The van der Waals surface area contributed by atoms with Crippen LogP contribution in [0.15, 0.2) is 11.6 Å². The quantitative estimate of drug-likeness (QED) is 0.603. The summed E-state index contributed by atoms with van der Waals surface area (Å²) < 4.78 is 0. The molecule has 0 bridgehead atoms. The number of carbonyl (C=O) groups excluding carboxylic acids is 1. The second-order valence-electron chi connectivity index (χ2n) is 11.5. The first-order chi connectivity index (χ1) is 13.1. The van der Waals surface area contributed by atoms with Crippen molar-refractivity contribution >= 4 is 11.8 Å². The Morgan fingerprint density at radius 2 is 1.86 bits per heavy atom. The fourth-order valence-corrected chi connectivity index (χ4v) is 8.31. The molecule has 0 spiro atoms. The molecule has 0 radical (unpaired) electrons. The number of carboxylic acids is 1. The lowest BCUT2D eigenvalue weighted by atomic mass is 9.40. The van der Waals surface area contributed by atoms with E-state index in [0.29, 0.717) is 35.4 Å². The van der Waals surface area contributed by atoms with Gasteiger partial charge in [0.25, 0.3) is 0 Å². The first-order valence-electron chi connectivity index (χ1n) is 11.5. The van der Waals surface area contributed by atoms with E-state index in [-0.39, 0.29) is 17.3 Å². The fourth-order valence-electron chi connectivity index (χ4n) is 8.31. The minimum atomic E-state index is -0.699. The van der Waals surface area contributed by atoms with Crippen LogP contribution in [0.1, 0.15) is 91.9 Å². The summed E-state index contributed by atoms with van der Waals surface area (Å²) in [7, 11) is 0. The van der Waals surface area contributed by atoms with E-state index in [1.54, 1.807) is 0 Å². The second kappa shape index (κ2) is 6.71. The molecule has 4 unspecified atom stereocenters. The molecule has 156 valence electrons. The molecule has 4 aliphatic rings. The topological polar surface area (TPSA) is 54.4 Å². The SMILES string of the molecule is CC1(C)CC2C(CC[C@]3(C)C(=O)CCC23)[C@@]2(C)CC/C(=C\CCC(=O)O)CC12. The van der Waals surface area contributed by atoms with Gasteiger partial charge in [0.15, 0.2) is 0 Å². The number of Topliss-reactive ketones (excluding diaryl/α,β-unsaturated/α-hetero) is 1. The zero-order valence-electron chi connectivity index (χ0n) is 18.2. The Hall–Kier alpha value is -1.12. The Kier molecular flexibility index (Phi) is 4.83. The summed E-state index contributed by atoms with van der Waals surface area (Å²) in [6.45, 7) is 9.77. The van der Waals surface area contributed by atoms with Crippen LogP contribution >= 0.6 is 0 Å². The van der Waals surface area contributed by atoms with E-state index in [9.17, 15) is 9.59 Å².